The molecule has 0 amide bonds. The molecule has 0 atom stereocenters. The lowest BCUT2D eigenvalue weighted by Crippen LogP contribution is -2.48. The van der Waals surface area contributed by atoms with Crippen molar-refractivity contribution in [3.05, 3.63) is 29.4 Å². The second kappa shape index (κ2) is 5.47. The maximum absolute atomic E-state index is 12.5. The van der Waals surface area contributed by atoms with E-state index in [4.69, 9.17) is 0 Å². The van der Waals surface area contributed by atoms with Crippen molar-refractivity contribution < 1.29 is 18.2 Å². The molecule has 2 aromatic heterocycles. The first-order valence-electron chi connectivity index (χ1n) is 6.41. The zero-order chi connectivity index (χ0) is 14.9. The van der Waals surface area contributed by atoms with Crippen LogP contribution in [0.2, 0.25) is 0 Å². The molecule has 1 N–H and O–H groups in total. The molecule has 0 spiro atoms. The molecule has 0 bridgehead atoms. The predicted octanol–water partition coefficient (Wildman–Crippen LogP) is 1.70. The SMILES string of the molecule is FC(F)(F)c1nnc(N2CCN(c3cccc[nH+]3)CC2)s1. The molecule has 112 valence electrons. The van der Waals surface area contributed by atoms with Crippen LogP contribution in [0.15, 0.2) is 24.4 Å². The van der Waals surface area contributed by atoms with Gasteiger partial charge in [-0.25, -0.2) is 4.98 Å². The standard InChI is InChI=1S/C12H12F3N5S/c13-12(14,15)10-17-18-11(21-10)20-7-5-19(6-8-20)9-3-1-2-4-16-9/h1-4H,5-8H2/p+1. The highest BCUT2D eigenvalue weighted by molar-refractivity contribution is 7.15. The molecule has 1 aliphatic rings. The Morgan fingerprint density at radius 1 is 1.05 bits per heavy atom. The molecule has 1 saturated heterocycles. The van der Waals surface area contributed by atoms with Gasteiger partial charge in [0.25, 0.3) is 5.82 Å². The van der Waals surface area contributed by atoms with E-state index in [0.717, 1.165) is 18.9 Å². The number of piperazine rings is 1. The molecule has 0 radical (unpaired) electrons. The molecule has 0 aromatic carbocycles. The van der Waals surface area contributed by atoms with Gasteiger partial charge < -0.3 is 4.90 Å². The van der Waals surface area contributed by atoms with E-state index in [1.807, 2.05) is 29.3 Å². The molecule has 0 aliphatic carbocycles. The van der Waals surface area contributed by atoms with Gasteiger partial charge >= 0.3 is 6.18 Å². The van der Waals surface area contributed by atoms with E-state index in [2.05, 4.69) is 20.1 Å². The number of nitrogens with zero attached hydrogens (tertiary/aromatic N) is 4. The number of alkyl halides is 3. The van der Waals surface area contributed by atoms with E-state index in [1.54, 1.807) is 0 Å². The van der Waals surface area contributed by atoms with Crippen molar-refractivity contribution in [3.8, 4) is 0 Å². The van der Waals surface area contributed by atoms with E-state index >= 15 is 0 Å². The quantitative estimate of drug-likeness (QED) is 0.846. The fraction of sp³-hybridized carbons (Fsp3) is 0.417. The Hall–Kier alpha value is -1.90. The zero-order valence-corrected chi connectivity index (χ0v) is 11.8. The van der Waals surface area contributed by atoms with Crippen LogP contribution in [0.1, 0.15) is 5.01 Å². The van der Waals surface area contributed by atoms with Gasteiger partial charge in [-0.15, -0.1) is 10.2 Å². The normalized spacial score (nSPS) is 16.3. The number of aromatic amines is 1. The topological polar surface area (TPSA) is 46.4 Å². The second-order valence-electron chi connectivity index (χ2n) is 4.61. The molecule has 5 nitrogen and oxygen atoms in total. The van der Waals surface area contributed by atoms with Crippen molar-refractivity contribution in [2.45, 2.75) is 6.18 Å². The fourth-order valence-corrected chi connectivity index (χ4v) is 2.94. The lowest BCUT2D eigenvalue weighted by Gasteiger charge is -2.30. The van der Waals surface area contributed by atoms with Gasteiger partial charge in [-0.3, -0.25) is 4.90 Å². The third kappa shape index (κ3) is 3.07. The fourth-order valence-electron chi connectivity index (χ4n) is 2.18. The monoisotopic (exact) mass is 316 g/mol. The maximum atomic E-state index is 12.5. The van der Waals surface area contributed by atoms with Crippen molar-refractivity contribution in [2.75, 3.05) is 36.0 Å². The van der Waals surface area contributed by atoms with Gasteiger partial charge in [-0.05, 0) is 6.07 Å². The molecule has 1 fully saturated rings. The van der Waals surface area contributed by atoms with Crippen molar-refractivity contribution in [1.29, 1.82) is 0 Å². The van der Waals surface area contributed by atoms with Crippen LogP contribution in [-0.2, 0) is 6.18 Å². The zero-order valence-electron chi connectivity index (χ0n) is 11.0. The summed E-state index contributed by atoms with van der Waals surface area (Å²) in [6.45, 7) is 2.69. The number of nitrogens with one attached hydrogen (secondary N) is 1. The van der Waals surface area contributed by atoms with Crippen LogP contribution in [0, 0.1) is 0 Å². The summed E-state index contributed by atoms with van der Waals surface area (Å²) >= 11 is 0.596. The third-order valence-electron chi connectivity index (χ3n) is 3.24. The minimum absolute atomic E-state index is 0.332. The molecule has 21 heavy (non-hydrogen) atoms. The first kappa shape index (κ1) is 14.1. The summed E-state index contributed by atoms with van der Waals surface area (Å²) in [5, 5.41) is 6.31. The third-order valence-corrected chi connectivity index (χ3v) is 4.27. The van der Waals surface area contributed by atoms with Crippen molar-refractivity contribution >= 4 is 22.3 Å². The number of anilines is 2. The minimum Gasteiger partial charge on any atom is -0.339 e. The van der Waals surface area contributed by atoms with Gasteiger partial charge in [0, 0.05) is 6.07 Å². The highest BCUT2D eigenvalue weighted by atomic mass is 32.1. The molecule has 1 aliphatic heterocycles. The van der Waals surface area contributed by atoms with E-state index in [-0.39, 0.29) is 0 Å². The number of aromatic nitrogens is 3. The van der Waals surface area contributed by atoms with Crippen LogP contribution >= 0.6 is 11.3 Å². The Morgan fingerprint density at radius 3 is 2.33 bits per heavy atom. The van der Waals surface area contributed by atoms with Crippen LogP contribution in [0.3, 0.4) is 0 Å². The van der Waals surface area contributed by atoms with Crippen LogP contribution in [0.25, 0.3) is 0 Å². The molecule has 3 rings (SSSR count). The average Bonchev–Trinajstić information content (AvgIpc) is 2.98. The Bertz CT molecular complexity index is 592. The highest BCUT2D eigenvalue weighted by Crippen LogP contribution is 2.34. The first-order valence-corrected chi connectivity index (χ1v) is 7.23. The number of hydrogen-bond donors (Lipinski definition) is 0. The Labute approximate surface area is 123 Å². The van der Waals surface area contributed by atoms with Gasteiger partial charge in [-0.1, -0.05) is 17.4 Å². The van der Waals surface area contributed by atoms with E-state index < -0.39 is 11.2 Å². The predicted molar refractivity (Wildman–Crippen MR) is 72.3 cm³/mol. The van der Waals surface area contributed by atoms with Crippen LogP contribution in [-0.4, -0.2) is 36.4 Å². The second-order valence-corrected chi connectivity index (χ2v) is 5.57. The van der Waals surface area contributed by atoms with Crippen molar-refractivity contribution in [1.82, 2.24) is 10.2 Å². The van der Waals surface area contributed by atoms with Crippen molar-refractivity contribution in [3.63, 3.8) is 0 Å². The summed E-state index contributed by atoms with van der Waals surface area (Å²) in [4.78, 5) is 7.14. The molecular weight excluding hydrogens is 303 g/mol. The van der Waals surface area contributed by atoms with Gasteiger partial charge in [0.05, 0.1) is 19.3 Å². The summed E-state index contributed by atoms with van der Waals surface area (Å²) in [6.07, 6.45) is -2.57. The molecule has 2 aromatic rings. The smallest absolute Gasteiger partial charge is 0.339 e. The molecular formula is C12H13F3N5S+. The lowest BCUT2D eigenvalue weighted by molar-refractivity contribution is -0.364. The van der Waals surface area contributed by atoms with Crippen molar-refractivity contribution in [2.24, 2.45) is 0 Å². The van der Waals surface area contributed by atoms with E-state index in [1.165, 1.54) is 0 Å². The minimum atomic E-state index is -4.42. The Kier molecular flexibility index (Phi) is 3.66. The Morgan fingerprint density at radius 2 is 1.76 bits per heavy atom. The lowest BCUT2D eigenvalue weighted by atomic mass is 10.3. The van der Waals surface area contributed by atoms with Crippen LogP contribution in [0.4, 0.5) is 24.1 Å². The molecule has 3 heterocycles. The Balaban J connectivity index is 1.65. The molecule has 9 heteroatoms. The molecule has 0 saturated carbocycles. The summed E-state index contributed by atoms with van der Waals surface area (Å²) in [5.74, 6) is 1.00. The number of halogens is 3. The summed E-state index contributed by atoms with van der Waals surface area (Å²) in [7, 11) is 0. The molecule has 0 unspecified atom stereocenters. The van der Waals surface area contributed by atoms with Gasteiger partial charge in [0.1, 0.15) is 13.1 Å². The number of pyridine rings is 1. The van der Waals surface area contributed by atoms with Crippen LogP contribution < -0.4 is 14.8 Å². The summed E-state index contributed by atoms with van der Waals surface area (Å²) in [6, 6.07) is 5.82. The summed E-state index contributed by atoms with van der Waals surface area (Å²) < 4.78 is 37.6. The first-order chi connectivity index (χ1) is 10.0. The highest BCUT2D eigenvalue weighted by Gasteiger charge is 2.36. The van der Waals surface area contributed by atoms with E-state index in [0.29, 0.717) is 29.6 Å². The van der Waals surface area contributed by atoms with Crippen LogP contribution in [0.5, 0.6) is 0 Å². The number of rotatable bonds is 2. The summed E-state index contributed by atoms with van der Waals surface area (Å²) in [5.41, 5.74) is 0. The number of hydrogen-bond acceptors (Lipinski definition) is 5. The van der Waals surface area contributed by atoms with Gasteiger partial charge in [-0.2, -0.15) is 13.2 Å². The largest absolute Gasteiger partial charge is 0.445 e. The van der Waals surface area contributed by atoms with Gasteiger partial charge in [0.15, 0.2) is 0 Å². The van der Waals surface area contributed by atoms with Gasteiger partial charge in [0.2, 0.25) is 10.1 Å². The average molecular weight is 316 g/mol. The maximum Gasteiger partial charge on any atom is 0.445 e. The number of H-pyrrole nitrogens is 1. The van der Waals surface area contributed by atoms with E-state index in [9.17, 15) is 13.2 Å².